The highest BCUT2D eigenvalue weighted by molar-refractivity contribution is 9.26. The molecular formula is C9H6Br2O2S. The third-order valence-electron chi connectivity index (χ3n) is 1.98. The first-order chi connectivity index (χ1) is 6.53. The van der Waals surface area contributed by atoms with E-state index in [2.05, 4.69) is 44.5 Å². The largest absolute Gasteiger partial charge is 0.476 e. The van der Waals surface area contributed by atoms with Gasteiger partial charge in [0.25, 0.3) is 0 Å². The zero-order valence-electron chi connectivity index (χ0n) is 6.91. The summed E-state index contributed by atoms with van der Waals surface area (Å²) in [5.41, 5.74) is 0.0245. The number of para-hydroxylation sites is 1. The highest BCUT2D eigenvalue weighted by atomic mass is 79.9. The first-order valence-electron chi connectivity index (χ1n) is 3.90. The minimum Gasteiger partial charge on any atom is -0.476 e. The maximum absolute atomic E-state index is 11.9. The van der Waals surface area contributed by atoms with Crippen LogP contribution in [0.25, 0.3) is 0 Å². The van der Waals surface area contributed by atoms with Crippen molar-refractivity contribution in [3.63, 3.8) is 0 Å². The Morgan fingerprint density at radius 2 is 2.00 bits per heavy atom. The number of hydrogen-bond donors (Lipinski definition) is 1. The monoisotopic (exact) mass is 336 g/mol. The minimum absolute atomic E-state index is 0.0700. The maximum atomic E-state index is 11.9. The molecule has 1 aromatic carbocycles. The summed E-state index contributed by atoms with van der Waals surface area (Å²) in [7, 11) is 0. The standard InChI is InChI=1S/C9H6Br2O2S/c10-9(11)7(12)5-3-1-2-4-6(5)13-8(9)14/h1-4,8,14H. The molecule has 1 aromatic rings. The number of ether oxygens (including phenoxy) is 1. The fourth-order valence-electron chi connectivity index (χ4n) is 1.24. The molecule has 5 heteroatoms. The molecule has 1 aliphatic heterocycles. The zero-order valence-corrected chi connectivity index (χ0v) is 11.0. The van der Waals surface area contributed by atoms with Crippen molar-refractivity contribution in [2.75, 3.05) is 0 Å². The van der Waals surface area contributed by atoms with Gasteiger partial charge in [-0.05, 0) is 12.1 Å². The van der Waals surface area contributed by atoms with Gasteiger partial charge >= 0.3 is 0 Å². The van der Waals surface area contributed by atoms with Crippen molar-refractivity contribution in [2.24, 2.45) is 0 Å². The van der Waals surface area contributed by atoms with E-state index < -0.39 is 8.67 Å². The van der Waals surface area contributed by atoms with Crippen molar-refractivity contribution in [3.8, 4) is 5.75 Å². The van der Waals surface area contributed by atoms with E-state index in [1.165, 1.54) is 0 Å². The molecule has 74 valence electrons. The van der Waals surface area contributed by atoms with Crippen LogP contribution in [0, 0.1) is 0 Å². The number of fused-ring (bicyclic) bond motifs is 1. The number of benzene rings is 1. The summed E-state index contributed by atoms with van der Waals surface area (Å²) in [6.45, 7) is 0. The lowest BCUT2D eigenvalue weighted by molar-refractivity contribution is 0.0918. The molecular weight excluding hydrogens is 332 g/mol. The summed E-state index contributed by atoms with van der Waals surface area (Å²) < 4.78 is 4.53. The number of halogens is 2. The number of Topliss-reactive ketones (excluding diaryl/α,β-unsaturated/α-hetero) is 1. The van der Waals surface area contributed by atoms with Gasteiger partial charge in [-0.1, -0.05) is 44.0 Å². The first-order valence-corrected chi connectivity index (χ1v) is 6.00. The number of ketones is 1. The summed E-state index contributed by atoms with van der Waals surface area (Å²) >= 11 is 10.7. The van der Waals surface area contributed by atoms with Crippen molar-refractivity contribution in [1.82, 2.24) is 0 Å². The third kappa shape index (κ3) is 1.51. The van der Waals surface area contributed by atoms with E-state index in [1.54, 1.807) is 18.2 Å². The van der Waals surface area contributed by atoms with Gasteiger partial charge in [0.1, 0.15) is 5.75 Å². The van der Waals surface area contributed by atoms with Crippen LogP contribution >= 0.6 is 44.5 Å². The number of rotatable bonds is 0. The van der Waals surface area contributed by atoms with Crippen molar-refractivity contribution in [1.29, 1.82) is 0 Å². The van der Waals surface area contributed by atoms with E-state index in [-0.39, 0.29) is 5.78 Å². The number of alkyl halides is 2. The molecule has 1 atom stereocenters. The molecule has 1 heterocycles. The molecule has 0 saturated heterocycles. The fourth-order valence-corrected chi connectivity index (χ4v) is 2.09. The van der Waals surface area contributed by atoms with Gasteiger partial charge in [-0.2, -0.15) is 0 Å². The average molecular weight is 338 g/mol. The highest BCUT2D eigenvalue weighted by Gasteiger charge is 2.46. The quantitative estimate of drug-likeness (QED) is 0.582. The summed E-state index contributed by atoms with van der Waals surface area (Å²) in [6, 6.07) is 7.11. The molecule has 0 spiro atoms. The fraction of sp³-hybridized carbons (Fsp3) is 0.222. The van der Waals surface area contributed by atoms with Gasteiger partial charge in [0.15, 0.2) is 14.5 Å². The third-order valence-corrected chi connectivity index (χ3v) is 4.74. The Morgan fingerprint density at radius 1 is 1.36 bits per heavy atom. The van der Waals surface area contributed by atoms with Gasteiger partial charge in [0.05, 0.1) is 5.56 Å². The molecule has 2 nitrogen and oxygen atoms in total. The lowest BCUT2D eigenvalue weighted by Crippen LogP contribution is -2.42. The van der Waals surface area contributed by atoms with Gasteiger partial charge in [-0.25, -0.2) is 0 Å². The molecule has 0 bridgehead atoms. The molecule has 0 radical (unpaired) electrons. The second kappa shape index (κ2) is 3.54. The van der Waals surface area contributed by atoms with E-state index in [9.17, 15) is 4.79 Å². The lowest BCUT2D eigenvalue weighted by Gasteiger charge is -2.32. The van der Waals surface area contributed by atoms with E-state index >= 15 is 0 Å². The van der Waals surface area contributed by atoms with Crippen LogP contribution in [0.1, 0.15) is 10.4 Å². The topological polar surface area (TPSA) is 26.3 Å². The Morgan fingerprint density at radius 3 is 2.71 bits per heavy atom. The van der Waals surface area contributed by atoms with Crippen LogP contribution in [-0.4, -0.2) is 14.5 Å². The summed E-state index contributed by atoms with van der Waals surface area (Å²) in [5.74, 6) is 0.506. The van der Waals surface area contributed by atoms with Crippen LogP contribution in [0.4, 0.5) is 0 Å². The van der Waals surface area contributed by atoms with Crippen LogP contribution < -0.4 is 4.74 Å². The smallest absolute Gasteiger partial charge is 0.198 e. The lowest BCUT2D eigenvalue weighted by atomic mass is 10.1. The molecule has 14 heavy (non-hydrogen) atoms. The van der Waals surface area contributed by atoms with Crippen LogP contribution in [0.15, 0.2) is 24.3 Å². The molecule has 0 aliphatic carbocycles. The van der Waals surface area contributed by atoms with E-state index in [1.807, 2.05) is 6.07 Å². The predicted octanol–water partition coefficient (Wildman–Crippen LogP) is 3.00. The predicted molar refractivity (Wildman–Crippen MR) is 64.8 cm³/mol. The van der Waals surface area contributed by atoms with Crippen molar-refractivity contribution in [2.45, 2.75) is 8.67 Å². The van der Waals surface area contributed by atoms with E-state index in [4.69, 9.17) is 4.74 Å². The second-order valence-corrected chi connectivity index (χ2v) is 6.95. The summed E-state index contributed by atoms with van der Waals surface area (Å²) in [6.07, 6.45) is 0. The molecule has 0 saturated carbocycles. The Hall–Kier alpha value is -0.000000000000000111. The summed E-state index contributed by atoms with van der Waals surface area (Å²) in [4.78, 5) is 11.9. The first kappa shape index (κ1) is 10.5. The van der Waals surface area contributed by atoms with Gasteiger partial charge in [0, 0.05) is 0 Å². The Labute approximate surface area is 104 Å². The molecule has 2 rings (SSSR count). The molecule has 1 unspecified atom stereocenters. The number of carbonyl (C=O) groups excluding carboxylic acids is 1. The molecule has 1 aliphatic rings. The Balaban J connectivity index is 2.55. The highest BCUT2D eigenvalue weighted by Crippen LogP contribution is 2.43. The molecule has 0 N–H and O–H groups in total. The molecule has 0 fully saturated rings. The van der Waals surface area contributed by atoms with Crippen molar-refractivity contribution in [3.05, 3.63) is 29.8 Å². The summed E-state index contributed by atoms with van der Waals surface area (Å²) in [5, 5.41) is 0. The van der Waals surface area contributed by atoms with Crippen LogP contribution in [0.2, 0.25) is 0 Å². The zero-order chi connectivity index (χ0) is 10.3. The van der Waals surface area contributed by atoms with Gasteiger partial charge < -0.3 is 4.74 Å². The van der Waals surface area contributed by atoms with Gasteiger partial charge in [0.2, 0.25) is 0 Å². The Kier molecular flexibility index (Phi) is 2.66. The number of thiol groups is 1. The number of carbonyl (C=O) groups is 1. The SMILES string of the molecule is O=C1c2ccccc2OC(S)C1(Br)Br. The van der Waals surface area contributed by atoms with Crippen LogP contribution in [-0.2, 0) is 0 Å². The van der Waals surface area contributed by atoms with Crippen molar-refractivity contribution < 1.29 is 9.53 Å². The number of hydrogen-bond acceptors (Lipinski definition) is 3. The molecule has 0 amide bonds. The second-order valence-electron chi connectivity index (χ2n) is 2.92. The van der Waals surface area contributed by atoms with E-state index in [0.717, 1.165) is 0 Å². The maximum Gasteiger partial charge on any atom is 0.198 e. The minimum atomic E-state index is -0.933. The molecule has 0 aromatic heterocycles. The van der Waals surface area contributed by atoms with Crippen LogP contribution in [0.3, 0.4) is 0 Å². The van der Waals surface area contributed by atoms with E-state index in [0.29, 0.717) is 11.3 Å². The van der Waals surface area contributed by atoms with Gasteiger partial charge in [-0.3, -0.25) is 4.79 Å². The van der Waals surface area contributed by atoms with Crippen molar-refractivity contribution >= 4 is 50.3 Å². The van der Waals surface area contributed by atoms with Crippen LogP contribution in [0.5, 0.6) is 5.75 Å². The normalized spacial score (nSPS) is 23.9. The Bertz CT molecular complexity index is 392. The average Bonchev–Trinajstić information content (AvgIpc) is 2.15. The van der Waals surface area contributed by atoms with Gasteiger partial charge in [-0.15, -0.1) is 12.6 Å².